The number of nitrogens with one attached hydrogen (secondary N) is 2. The van der Waals surface area contributed by atoms with Crippen molar-refractivity contribution < 1.29 is 9.53 Å². The summed E-state index contributed by atoms with van der Waals surface area (Å²) in [6.45, 7) is 7.84. The number of halogens is 1. The van der Waals surface area contributed by atoms with E-state index in [1.807, 2.05) is 13.0 Å². The molecule has 2 aromatic heterocycles. The first-order valence-electron chi connectivity index (χ1n) is 10.5. The first-order chi connectivity index (χ1) is 14.7. The summed E-state index contributed by atoms with van der Waals surface area (Å²) >= 11 is 1.70. The molecule has 2 N–H and O–H groups in total. The highest BCUT2D eigenvalue weighted by Gasteiger charge is 2.24. The summed E-state index contributed by atoms with van der Waals surface area (Å²) in [5.74, 6) is 1.78. The predicted molar refractivity (Wildman–Crippen MR) is 133 cm³/mol. The molecule has 0 aliphatic carbocycles. The maximum Gasteiger partial charge on any atom is 0.409 e. The van der Waals surface area contributed by atoms with E-state index in [4.69, 9.17) is 9.73 Å². The zero-order chi connectivity index (χ0) is 21.2. The van der Waals surface area contributed by atoms with E-state index in [0.717, 1.165) is 44.1 Å². The number of aryl methyl sites for hydroxylation is 1. The molecular formula is C20H32IN7O2S. The second-order valence-corrected chi connectivity index (χ2v) is 8.10. The smallest absolute Gasteiger partial charge is 0.409 e. The fraction of sp³-hybridized carbons (Fsp3) is 0.600. The van der Waals surface area contributed by atoms with Crippen LogP contribution in [0, 0.1) is 0 Å². The summed E-state index contributed by atoms with van der Waals surface area (Å²) in [7, 11) is 0. The molecule has 172 valence electrons. The molecule has 1 fully saturated rings. The number of aromatic nitrogens is 3. The van der Waals surface area contributed by atoms with Gasteiger partial charge in [-0.15, -0.1) is 45.5 Å². The first-order valence-corrected chi connectivity index (χ1v) is 11.4. The highest BCUT2D eigenvalue weighted by Crippen LogP contribution is 2.12. The van der Waals surface area contributed by atoms with E-state index in [1.54, 1.807) is 22.6 Å². The van der Waals surface area contributed by atoms with Crippen LogP contribution in [0.3, 0.4) is 0 Å². The molecule has 3 heterocycles. The van der Waals surface area contributed by atoms with Crippen LogP contribution >= 0.6 is 35.3 Å². The number of carbonyl (C=O) groups excluding carboxylic acids is 1. The van der Waals surface area contributed by atoms with Gasteiger partial charge in [0, 0.05) is 43.5 Å². The Morgan fingerprint density at radius 3 is 2.84 bits per heavy atom. The van der Waals surface area contributed by atoms with E-state index in [0.29, 0.717) is 26.2 Å². The summed E-state index contributed by atoms with van der Waals surface area (Å²) in [5.41, 5.74) is 0. The Hall–Kier alpha value is -1.89. The lowest BCUT2D eigenvalue weighted by Crippen LogP contribution is -2.50. The predicted octanol–water partition coefficient (Wildman–Crippen LogP) is 2.88. The topological polar surface area (TPSA) is 96.7 Å². The van der Waals surface area contributed by atoms with Crippen molar-refractivity contribution in [3.05, 3.63) is 34.5 Å². The molecule has 0 saturated carbocycles. The number of hydrogen-bond acceptors (Lipinski definition) is 6. The van der Waals surface area contributed by atoms with Gasteiger partial charge in [-0.2, -0.15) is 0 Å². The van der Waals surface area contributed by atoms with E-state index in [1.165, 1.54) is 4.88 Å². The van der Waals surface area contributed by atoms with Crippen LogP contribution in [0.15, 0.2) is 28.8 Å². The van der Waals surface area contributed by atoms with Crippen LogP contribution in [0.2, 0.25) is 0 Å². The minimum Gasteiger partial charge on any atom is -0.450 e. The summed E-state index contributed by atoms with van der Waals surface area (Å²) < 4.78 is 7.16. The van der Waals surface area contributed by atoms with E-state index >= 15 is 0 Å². The molecule has 1 aliphatic rings. The van der Waals surface area contributed by atoms with E-state index < -0.39 is 0 Å². The highest BCUT2D eigenvalue weighted by molar-refractivity contribution is 14.0. The molecule has 31 heavy (non-hydrogen) atoms. The molecule has 0 atom stereocenters. The van der Waals surface area contributed by atoms with Crippen molar-refractivity contribution in [1.82, 2.24) is 30.3 Å². The molecule has 0 bridgehead atoms. The maximum atomic E-state index is 11.9. The number of nitrogens with zero attached hydrogens (tertiary/aromatic N) is 5. The minimum absolute atomic E-state index is 0. The summed E-state index contributed by atoms with van der Waals surface area (Å²) in [4.78, 5) is 19.7. The van der Waals surface area contributed by atoms with Gasteiger partial charge in [-0.1, -0.05) is 13.0 Å². The summed E-state index contributed by atoms with van der Waals surface area (Å²) in [6.07, 6.45) is 4.13. The van der Waals surface area contributed by atoms with Crippen LogP contribution in [0.5, 0.6) is 0 Å². The number of carbonyl (C=O) groups is 1. The van der Waals surface area contributed by atoms with Crippen molar-refractivity contribution in [2.75, 3.05) is 26.2 Å². The minimum atomic E-state index is -0.221. The quantitative estimate of drug-likeness (QED) is 0.293. The number of ether oxygens (including phenoxy) is 1. The van der Waals surface area contributed by atoms with Gasteiger partial charge in [0.05, 0.1) is 13.2 Å². The standard InChI is InChI=1S/C20H31N7O2S.HI/c1-3-18-25-23-15-27(18)12-9-21-19(22-14-17-6-5-13-30-17)24-16-7-10-26(11-8-16)20(28)29-4-2;/h5-6,13,15-16H,3-4,7-12,14H2,1-2H3,(H2,21,22,24);1H. The third-order valence-electron chi connectivity index (χ3n) is 4.99. The number of guanidine groups is 1. The van der Waals surface area contributed by atoms with E-state index in [2.05, 4.69) is 43.8 Å². The van der Waals surface area contributed by atoms with Gasteiger partial charge < -0.3 is 24.8 Å². The van der Waals surface area contributed by atoms with Crippen molar-refractivity contribution in [2.45, 2.75) is 52.2 Å². The Balaban J connectivity index is 0.00000341. The van der Waals surface area contributed by atoms with E-state index in [9.17, 15) is 4.79 Å². The second kappa shape index (κ2) is 13.5. The Bertz CT molecular complexity index is 804. The Labute approximate surface area is 204 Å². The third kappa shape index (κ3) is 7.95. The Morgan fingerprint density at radius 1 is 1.35 bits per heavy atom. The average Bonchev–Trinajstić information content (AvgIpc) is 3.44. The second-order valence-electron chi connectivity index (χ2n) is 7.07. The van der Waals surface area contributed by atoms with Crippen LogP contribution in [0.25, 0.3) is 0 Å². The van der Waals surface area contributed by atoms with Crippen molar-refractivity contribution in [1.29, 1.82) is 0 Å². The maximum absolute atomic E-state index is 11.9. The molecule has 1 aliphatic heterocycles. The molecule has 0 aromatic carbocycles. The molecular weight excluding hydrogens is 529 g/mol. The van der Waals surface area contributed by atoms with Crippen LogP contribution in [0.1, 0.15) is 37.4 Å². The fourth-order valence-electron chi connectivity index (χ4n) is 3.36. The number of thiophene rings is 1. The zero-order valence-corrected chi connectivity index (χ0v) is 21.3. The van der Waals surface area contributed by atoms with Crippen LogP contribution in [-0.4, -0.2) is 64.0 Å². The SMILES string of the molecule is CCOC(=O)N1CCC(NC(=NCc2cccs2)NCCn2cnnc2CC)CC1.I. The number of amides is 1. The van der Waals surface area contributed by atoms with Gasteiger partial charge in [-0.25, -0.2) is 9.79 Å². The number of rotatable bonds is 8. The Kier molecular flexibility index (Phi) is 11.1. The molecule has 3 rings (SSSR count). The average molecular weight is 561 g/mol. The van der Waals surface area contributed by atoms with Gasteiger partial charge >= 0.3 is 6.09 Å². The monoisotopic (exact) mass is 561 g/mol. The first kappa shape index (κ1) is 25.4. The fourth-order valence-corrected chi connectivity index (χ4v) is 3.99. The summed E-state index contributed by atoms with van der Waals surface area (Å²) in [6, 6.07) is 4.40. The number of piperidine rings is 1. The van der Waals surface area contributed by atoms with Gasteiger partial charge in [0.15, 0.2) is 5.96 Å². The van der Waals surface area contributed by atoms with Crippen molar-refractivity contribution in [3.63, 3.8) is 0 Å². The lowest BCUT2D eigenvalue weighted by atomic mass is 10.1. The van der Waals surface area contributed by atoms with Gasteiger partial charge in [-0.3, -0.25) is 0 Å². The molecule has 11 heteroatoms. The van der Waals surface area contributed by atoms with Crippen molar-refractivity contribution in [2.24, 2.45) is 4.99 Å². The summed E-state index contributed by atoms with van der Waals surface area (Å²) in [5, 5.41) is 17.2. The lowest BCUT2D eigenvalue weighted by molar-refractivity contribution is 0.0963. The zero-order valence-electron chi connectivity index (χ0n) is 18.1. The lowest BCUT2D eigenvalue weighted by Gasteiger charge is -2.32. The third-order valence-corrected chi connectivity index (χ3v) is 5.85. The van der Waals surface area contributed by atoms with Crippen molar-refractivity contribution in [3.8, 4) is 0 Å². The highest BCUT2D eigenvalue weighted by atomic mass is 127. The van der Waals surface area contributed by atoms with Gasteiger partial charge in [0.1, 0.15) is 12.2 Å². The molecule has 0 spiro atoms. The van der Waals surface area contributed by atoms with Crippen LogP contribution in [0.4, 0.5) is 4.79 Å². The molecule has 0 radical (unpaired) electrons. The molecule has 1 saturated heterocycles. The van der Waals surface area contributed by atoms with Gasteiger partial charge in [0.25, 0.3) is 0 Å². The number of hydrogen-bond donors (Lipinski definition) is 2. The molecule has 1 amide bonds. The van der Waals surface area contributed by atoms with Crippen LogP contribution in [-0.2, 0) is 24.2 Å². The molecule has 0 unspecified atom stereocenters. The number of likely N-dealkylation sites (tertiary alicyclic amines) is 1. The Morgan fingerprint density at radius 2 is 2.16 bits per heavy atom. The molecule has 9 nitrogen and oxygen atoms in total. The van der Waals surface area contributed by atoms with Gasteiger partial charge in [-0.05, 0) is 31.2 Å². The molecule has 2 aromatic rings. The number of aliphatic imine (C=N–C) groups is 1. The van der Waals surface area contributed by atoms with Crippen molar-refractivity contribution >= 4 is 47.4 Å². The van der Waals surface area contributed by atoms with Crippen LogP contribution < -0.4 is 10.6 Å². The largest absolute Gasteiger partial charge is 0.450 e. The normalized spacial score (nSPS) is 14.8. The van der Waals surface area contributed by atoms with Gasteiger partial charge in [0.2, 0.25) is 0 Å². The van der Waals surface area contributed by atoms with E-state index in [-0.39, 0.29) is 36.1 Å².